The number of benzene rings is 1. The van der Waals surface area contributed by atoms with E-state index in [0.29, 0.717) is 22.1 Å². The largest absolute Gasteiger partial charge is 0.457 e. The third-order valence-corrected chi connectivity index (χ3v) is 4.08. The van der Waals surface area contributed by atoms with Crippen LogP contribution in [0, 0.1) is 0 Å². The predicted octanol–water partition coefficient (Wildman–Crippen LogP) is 3.34. The van der Waals surface area contributed by atoms with Crippen molar-refractivity contribution in [1.82, 2.24) is 21.2 Å². The van der Waals surface area contributed by atoms with Crippen LogP contribution in [0.2, 0.25) is 5.02 Å². The first kappa shape index (κ1) is 20.2. The molecule has 3 aromatic rings. The highest BCUT2D eigenvalue weighted by molar-refractivity contribution is 7.80. The Morgan fingerprint density at radius 3 is 2.45 bits per heavy atom. The maximum absolute atomic E-state index is 12.0. The molecule has 1 aromatic carbocycles. The highest BCUT2D eigenvalue weighted by Gasteiger charge is 2.07. The van der Waals surface area contributed by atoms with Gasteiger partial charge in [0.25, 0.3) is 5.91 Å². The summed E-state index contributed by atoms with van der Waals surface area (Å²) in [5.74, 6) is 0.252. The molecule has 0 radical (unpaired) electrons. The number of carbonyl (C=O) groups is 2. The molecule has 0 fully saturated rings. The Bertz CT molecular complexity index is 1050. The highest BCUT2D eigenvalue weighted by Crippen LogP contribution is 2.24. The van der Waals surface area contributed by atoms with Gasteiger partial charge < -0.3 is 4.42 Å². The number of nitrogens with zero attached hydrogens (tertiary/aromatic N) is 1. The van der Waals surface area contributed by atoms with Crippen LogP contribution in [-0.4, -0.2) is 21.9 Å². The summed E-state index contributed by atoms with van der Waals surface area (Å²) in [4.78, 5) is 27.7. The van der Waals surface area contributed by atoms with Crippen LogP contribution in [0.4, 0.5) is 0 Å². The average Bonchev–Trinajstić information content (AvgIpc) is 3.21. The van der Waals surface area contributed by atoms with Crippen molar-refractivity contribution >= 4 is 46.8 Å². The summed E-state index contributed by atoms with van der Waals surface area (Å²) in [6.45, 7) is 0. The van der Waals surface area contributed by atoms with Crippen LogP contribution < -0.4 is 16.2 Å². The number of nitrogens with one attached hydrogen (secondary N) is 3. The fourth-order valence-electron chi connectivity index (χ4n) is 2.24. The van der Waals surface area contributed by atoms with E-state index >= 15 is 0 Å². The number of aromatic nitrogens is 1. The second-order valence-corrected chi connectivity index (χ2v) is 6.52. The molecule has 0 aliphatic carbocycles. The standard InChI is InChI=1S/C20H15ClN4O3S/c21-15-3-1-13(2-4-15)17-7-5-16(28-17)6-8-18(26)23-20(29)25-24-19(27)14-9-11-22-12-10-14/h1-12H,(H,24,27)(H2,23,25,26,29). The zero-order valence-electron chi connectivity index (χ0n) is 14.9. The highest BCUT2D eigenvalue weighted by atomic mass is 35.5. The molecule has 0 aliphatic rings. The van der Waals surface area contributed by atoms with Crippen LogP contribution in [0.25, 0.3) is 17.4 Å². The Morgan fingerprint density at radius 2 is 1.72 bits per heavy atom. The lowest BCUT2D eigenvalue weighted by atomic mass is 10.2. The Kier molecular flexibility index (Phi) is 6.72. The van der Waals surface area contributed by atoms with Crippen molar-refractivity contribution in [3.8, 4) is 11.3 Å². The molecular weight excluding hydrogens is 412 g/mol. The van der Waals surface area contributed by atoms with Gasteiger partial charge in [-0.1, -0.05) is 11.6 Å². The molecule has 0 saturated carbocycles. The van der Waals surface area contributed by atoms with Crippen LogP contribution >= 0.6 is 23.8 Å². The lowest BCUT2D eigenvalue weighted by Gasteiger charge is -2.09. The van der Waals surface area contributed by atoms with E-state index in [1.54, 1.807) is 36.4 Å². The van der Waals surface area contributed by atoms with Gasteiger partial charge in [0.1, 0.15) is 11.5 Å². The minimum absolute atomic E-state index is 0.0524. The molecule has 0 aliphatic heterocycles. The molecule has 3 rings (SSSR count). The number of thiocarbonyl (C=S) groups is 1. The molecule has 3 N–H and O–H groups in total. The SMILES string of the molecule is O=C(C=Cc1ccc(-c2ccc(Cl)cc2)o1)NC(=S)NNC(=O)c1ccncc1. The van der Waals surface area contributed by atoms with Crippen LogP contribution in [0.5, 0.6) is 0 Å². The summed E-state index contributed by atoms with van der Waals surface area (Å²) in [5.41, 5.74) is 6.10. The molecule has 29 heavy (non-hydrogen) atoms. The maximum atomic E-state index is 12.0. The molecular formula is C20H15ClN4O3S. The van der Waals surface area contributed by atoms with E-state index < -0.39 is 11.8 Å². The second-order valence-electron chi connectivity index (χ2n) is 5.68. The molecule has 0 spiro atoms. The summed E-state index contributed by atoms with van der Waals surface area (Å²) in [6.07, 6.45) is 5.76. The third-order valence-electron chi connectivity index (χ3n) is 3.62. The molecule has 2 aromatic heterocycles. The van der Waals surface area contributed by atoms with Gasteiger partial charge in [-0.3, -0.25) is 30.7 Å². The van der Waals surface area contributed by atoms with Crippen molar-refractivity contribution < 1.29 is 14.0 Å². The third kappa shape index (κ3) is 6.00. The maximum Gasteiger partial charge on any atom is 0.269 e. The lowest BCUT2D eigenvalue weighted by molar-refractivity contribution is -0.115. The minimum atomic E-state index is -0.481. The number of pyridine rings is 1. The molecule has 2 amide bonds. The van der Waals surface area contributed by atoms with Gasteiger partial charge >= 0.3 is 0 Å². The van der Waals surface area contributed by atoms with Gasteiger partial charge in [-0.15, -0.1) is 0 Å². The van der Waals surface area contributed by atoms with E-state index in [4.69, 9.17) is 28.2 Å². The van der Waals surface area contributed by atoms with E-state index in [1.807, 2.05) is 12.1 Å². The second kappa shape index (κ2) is 9.63. The van der Waals surface area contributed by atoms with E-state index in [1.165, 1.54) is 24.5 Å². The van der Waals surface area contributed by atoms with Crippen LogP contribution in [-0.2, 0) is 4.79 Å². The van der Waals surface area contributed by atoms with Gasteiger partial charge in [0, 0.05) is 34.6 Å². The zero-order chi connectivity index (χ0) is 20.6. The van der Waals surface area contributed by atoms with Crippen molar-refractivity contribution in [2.75, 3.05) is 0 Å². The topological polar surface area (TPSA) is 96.3 Å². The summed E-state index contributed by atoms with van der Waals surface area (Å²) >= 11 is 10.8. The first-order valence-electron chi connectivity index (χ1n) is 8.36. The van der Waals surface area contributed by atoms with Gasteiger partial charge in [0.15, 0.2) is 5.11 Å². The molecule has 0 unspecified atom stereocenters. The molecule has 7 nitrogen and oxygen atoms in total. The van der Waals surface area contributed by atoms with Crippen molar-refractivity contribution in [3.63, 3.8) is 0 Å². The normalized spacial score (nSPS) is 10.5. The predicted molar refractivity (Wildman–Crippen MR) is 114 cm³/mol. The quantitative estimate of drug-likeness (QED) is 0.336. The van der Waals surface area contributed by atoms with E-state index in [9.17, 15) is 9.59 Å². The minimum Gasteiger partial charge on any atom is -0.457 e. The number of hydrogen-bond acceptors (Lipinski definition) is 5. The van der Waals surface area contributed by atoms with E-state index in [0.717, 1.165) is 5.56 Å². The summed E-state index contributed by atoms with van der Waals surface area (Å²) in [7, 11) is 0. The first-order valence-corrected chi connectivity index (χ1v) is 9.15. The number of hydrogen-bond donors (Lipinski definition) is 3. The zero-order valence-corrected chi connectivity index (χ0v) is 16.5. The van der Waals surface area contributed by atoms with Crippen molar-refractivity contribution in [1.29, 1.82) is 0 Å². The number of hydrazine groups is 1. The molecule has 146 valence electrons. The first-order chi connectivity index (χ1) is 14.0. The van der Waals surface area contributed by atoms with Crippen molar-refractivity contribution in [2.24, 2.45) is 0 Å². The van der Waals surface area contributed by atoms with Crippen LogP contribution in [0.3, 0.4) is 0 Å². The van der Waals surface area contributed by atoms with Crippen LogP contribution in [0.1, 0.15) is 16.1 Å². The van der Waals surface area contributed by atoms with Gasteiger partial charge in [-0.2, -0.15) is 0 Å². The number of furan rings is 1. The van der Waals surface area contributed by atoms with Gasteiger partial charge in [-0.25, -0.2) is 0 Å². The summed E-state index contributed by atoms with van der Waals surface area (Å²) < 4.78 is 5.67. The average molecular weight is 427 g/mol. The summed E-state index contributed by atoms with van der Waals surface area (Å²) in [5, 5.41) is 3.00. The Morgan fingerprint density at radius 1 is 1.00 bits per heavy atom. The molecule has 9 heteroatoms. The fraction of sp³-hybridized carbons (Fsp3) is 0. The van der Waals surface area contributed by atoms with E-state index in [2.05, 4.69) is 21.2 Å². The lowest BCUT2D eigenvalue weighted by Crippen LogP contribution is -2.48. The van der Waals surface area contributed by atoms with Gasteiger partial charge in [0.2, 0.25) is 5.91 Å². The van der Waals surface area contributed by atoms with Gasteiger partial charge in [-0.05, 0) is 66.8 Å². The Labute approximate surface area is 176 Å². The van der Waals surface area contributed by atoms with Gasteiger partial charge in [0.05, 0.1) is 0 Å². The number of carbonyl (C=O) groups excluding carboxylic acids is 2. The molecule has 0 bridgehead atoms. The van der Waals surface area contributed by atoms with Crippen LogP contribution in [0.15, 0.2) is 71.4 Å². The van der Waals surface area contributed by atoms with E-state index in [-0.39, 0.29) is 5.11 Å². The smallest absolute Gasteiger partial charge is 0.269 e. The van der Waals surface area contributed by atoms with Crippen molar-refractivity contribution in [3.05, 3.63) is 83.3 Å². The summed E-state index contributed by atoms with van der Waals surface area (Å²) in [6, 6.07) is 13.8. The molecule has 0 saturated heterocycles. The molecule has 0 atom stereocenters. The Balaban J connectivity index is 1.48. The number of amides is 2. The molecule has 2 heterocycles. The number of halogens is 1. The van der Waals surface area contributed by atoms with Crippen molar-refractivity contribution in [2.45, 2.75) is 0 Å². The fourth-order valence-corrected chi connectivity index (χ4v) is 2.52. The number of rotatable bonds is 4. The monoisotopic (exact) mass is 426 g/mol. The Hall–Kier alpha value is -3.49.